The molecule has 1 aromatic carbocycles. The van der Waals surface area contributed by atoms with Crippen LogP contribution in [0.3, 0.4) is 0 Å². The minimum atomic E-state index is -0.458. The Labute approximate surface area is 108 Å². The number of hydrogen-bond acceptors (Lipinski definition) is 2. The molecule has 2 nitrogen and oxygen atoms in total. The number of halogens is 1. The minimum Gasteiger partial charge on any atom is -0.389 e. The van der Waals surface area contributed by atoms with Gasteiger partial charge in [-0.3, -0.25) is 0 Å². The summed E-state index contributed by atoms with van der Waals surface area (Å²) >= 11 is 6.32. The molecule has 94 valence electrons. The molecule has 1 N–H and O–H groups in total. The Balaban J connectivity index is 2.26. The average molecular weight is 254 g/mol. The monoisotopic (exact) mass is 253 g/mol. The lowest BCUT2D eigenvalue weighted by Gasteiger charge is -2.36. The average Bonchev–Trinajstić information content (AvgIpc) is 2.30. The number of rotatable bonds is 2. The third kappa shape index (κ3) is 2.75. The molecule has 0 saturated carbocycles. The second kappa shape index (κ2) is 5.28. The van der Waals surface area contributed by atoms with Crippen LogP contribution in [0.15, 0.2) is 18.2 Å². The number of piperidine rings is 1. The molecule has 2 rings (SSSR count). The number of aliphatic hydroxyl groups is 1. The lowest BCUT2D eigenvalue weighted by molar-refractivity contribution is 0.199. The molecule has 0 bridgehead atoms. The summed E-state index contributed by atoms with van der Waals surface area (Å²) < 4.78 is 0. The molecule has 0 amide bonds. The standard InChI is InChI=1S/C14H20ClNO/c1-10-5-3-4-8-16(10)14-7-6-12(11(2)17)9-13(14)15/h6-7,9-11,17H,3-5,8H2,1-2H3/t10?,11-/m0/s1. The van der Waals surface area contributed by atoms with Crippen LogP contribution in [0.1, 0.15) is 44.8 Å². The van der Waals surface area contributed by atoms with Crippen molar-refractivity contribution in [3.05, 3.63) is 28.8 Å². The Morgan fingerprint density at radius 2 is 2.18 bits per heavy atom. The predicted octanol–water partition coefficient (Wildman–Crippen LogP) is 3.77. The summed E-state index contributed by atoms with van der Waals surface area (Å²) in [5.74, 6) is 0. The van der Waals surface area contributed by atoms with Crippen LogP contribution in [-0.4, -0.2) is 17.7 Å². The molecule has 1 saturated heterocycles. The van der Waals surface area contributed by atoms with Crippen LogP contribution in [0.5, 0.6) is 0 Å². The molecule has 1 aliphatic heterocycles. The molecule has 0 aromatic heterocycles. The van der Waals surface area contributed by atoms with Crippen LogP contribution >= 0.6 is 11.6 Å². The molecule has 1 fully saturated rings. The van der Waals surface area contributed by atoms with E-state index in [-0.39, 0.29) is 0 Å². The lowest BCUT2D eigenvalue weighted by atomic mass is 10.0. The third-order valence-electron chi connectivity index (χ3n) is 3.57. The van der Waals surface area contributed by atoms with Gasteiger partial charge in [-0.05, 0) is 50.8 Å². The van der Waals surface area contributed by atoms with E-state index in [0.29, 0.717) is 6.04 Å². The van der Waals surface area contributed by atoms with E-state index in [1.165, 1.54) is 19.3 Å². The van der Waals surface area contributed by atoms with E-state index in [2.05, 4.69) is 11.8 Å². The number of benzene rings is 1. The predicted molar refractivity (Wildman–Crippen MR) is 72.7 cm³/mol. The smallest absolute Gasteiger partial charge is 0.0762 e. The van der Waals surface area contributed by atoms with Crippen molar-refractivity contribution in [3.8, 4) is 0 Å². The highest BCUT2D eigenvalue weighted by Crippen LogP contribution is 2.32. The molecule has 3 heteroatoms. The fourth-order valence-electron chi connectivity index (χ4n) is 2.47. The van der Waals surface area contributed by atoms with E-state index >= 15 is 0 Å². The van der Waals surface area contributed by atoms with Gasteiger partial charge in [-0.1, -0.05) is 17.7 Å². The zero-order valence-electron chi connectivity index (χ0n) is 10.5. The summed E-state index contributed by atoms with van der Waals surface area (Å²) in [5, 5.41) is 10.3. The summed E-state index contributed by atoms with van der Waals surface area (Å²) in [4.78, 5) is 2.37. The van der Waals surface area contributed by atoms with Crippen LogP contribution in [0.4, 0.5) is 5.69 Å². The van der Waals surface area contributed by atoms with Gasteiger partial charge in [0.15, 0.2) is 0 Å². The Bertz CT molecular complexity index is 392. The SMILES string of the molecule is CC1CCCCN1c1ccc([C@H](C)O)cc1Cl. The minimum absolute atomic E-state index is 0.458. The topological polar surface area (TPSA) is 23.5 Å². The highest BCUT2D eigenvalue weighted by molar-refractivity contribution is 6.33. The van der Waals surface area contributed by atoms with Crippen molar-refractivity contribution in [2.45, 2.75) is 45.3 Å². The lowest BCUT2D eigenvalue weighted by Crippen LogP contribution is -2.37. The van der Waals surface area contributed by atoms with Crippen molar-refractivity contribution in [3.63, 3.8) is 0 Å². The molecule has 1 aliphatic rings. The van der Waals surface area contributed by atoms with E-state index in [1.54, 1.807) is 6.92 Å². The molecule has 0 aliphatic carbocycles. The summed E-state index contributed by atoms with van der Waals surface area (Å²) in [6.07, 6.45) is 3.31. The zero-order valence-corrected chi connectivity index (χ0v) is 11.2. The van der Waals surface area contributed by atoms with E-state index in [4.69, 9.17) is 11.6 Å². The van der Waals surface area contributed by atoms with Crippen molar-refractivity contribution in [1.29, 1.82) is 0 Å². The number of nitrogens with zero attached hydrogens (tertiary/aromatic N) is 1. The fourth-order valence-corrected chi connectivity index (χ4v) is 2.77. The number of aliphatic hydroxyl groups excluding tert-OH is 1. The van der Waals surface area contributed by atoms with Gasteiger partial charge in [0.05, 0.1) is 16.8 Å². The molecule has 1 unspecified atom stereocenters. The van der Waals surface area contributed by atoms with E-state index < -0.39 is 6.10 Å². The van der Waals surface area contributed by atoms with Crippen molar-refractivity contribution < 1.29 is 5.11 Å². The van der Waals surface area contributed by atoms with E-state index in [1.807, 2.05) is 18.2 Å². The largest absolute Gasteiger partial charge is 0.389 e. The summed E-state index contributed by atoms with van der Waals surface area (Å²) in [6, 6.07) is 6.43. The van der Waals surface area contributed by atoms with Gasteiger partial charge in [0, 0.05) is 12.6 Å². The zero-order chi connectivity index (χ0) is 12.4. The maximum atomic E-state index is 9.53. The Morgan fingerprint density at radius 1 is 1.41 bits per heavy atom. The van der Waals surface area contributed by atoms with Crippen molar-refractivity contribution in [1.82, 2.24) is 0 Å². The van der Waals surface area contributed by atoms with Gasteiger partial charge in [0.1, 0.15) is 0 Å². The van der Waals surface area contributed by atoms with Crippen LogP contribution < -0.4 is 4.90 Å². The second-order valence-corrected chi connectivity index (χ2v) is 5.33. The first kappa shape index (κ1) is 12.7. The highest BCUT2D eigenvalue weighted by atomic mass is 35.5. The van der Waals surface area contributed by atoms with E-state index in [9.17, 15) is 5.11 Å². The van der Waals surface area contributed by atoms with Gasteiger partial charge in [-0.25, -0.2) is 0 Å². The first-order chi connectivity index (χ1) is 8.09. The first-order valence-electron chi connectivity index (χ1n) is 6.33. The summed E-state index contributed by atoms with van der Waals surface area (Å²) in [7, 11) is 0. The van der Waals surface area contributed by atoms with Gasteiger partial charge in [0.25, 0.3) is 0 Å². The molecular formula is C14H20ClNO. The van der Waals surface area contributed by atoms with Crippen LogP contribution in [0.2, 0.25) is 5.02 Å². The van der Waals surface area contributed by atoms with Crippen LogP contribution in [0, 0.1) is 0 Å². The molecule has 0 spiro atoms. The Hall–Kier alpha value is -0.730. The maximum Gasteiger partial charge on any atom is 0.0762 e. The van der Waals surface area contributed by atoms with Gasteiger partial charge in [-0.2, -0.15) is 0 Å². The molecule has 1 heterocycles. The second-order valence-electron chi connectivity index (χ2n) is 4.93. The molecular weight excluding hydrogens is 234 g/mol. The van der Waals surface area contributed by atoms with Gasteiger partial charge < -0.3 is 10.0 Å². The molecule has 1 aromatic rings. The highest BCUT2D eigenvalue weighted by Gasteiger charge is 2.20. The first-order valence-corrected chi connectivity index (χ1v) is 6.71. The fraction of sp³-hybridized carbons (Fsp3) is 0.571. The molecule has 17 heavy (non-hydrogen) atoms. The molecule has 2 atom stereocenters. The van der Waals surface area contributed by atoms with Crippen molar-refractivity contribution >= 4 is 17.3 Å². The van der Waals surface area contributed by atoms with E-state index in [0.717, 1.165) is 22.8 Å². The Kier molecular flexibility index (Phi) is 3.95. The van der Waals surface area contributed by atoms with Crippen molar-refractivity contribution in [2.24, 2.45) is 0 Å². The maximum absolute atomic E-state index is 9.53. The summed E-state index contributed by atoms with van der Waals surface area (Å²) in [5.41, 5.74) is 1.98. The quantitative estimate of drug-likeness (QED) is 0.867. The number of hydrogen-bond donors (Lipinski definition) is 1. The molecule has 0 radical (unpaired) electrons. The van der Waals surface area contributed by atoms with Crippen LogP contribution in [-0.2, 0) is 0 Å². The Morgan fingerprint density at radius 3 is 2.76 bits per heavy atom. The normalized spacial score (nSPS) is 22.6. The summed E-state index contributed by atoms with van der Waals surface area (Å²) in [6.45, 7) is 5.09. The van der Waals surface area contributed by atoms with Gasteiger partial charge in [-0.15, -0.1) is 0 Å². The number of anilines is 1. The van der Waals surface area contributed by atoms with Gasteiger partial charge in [0.2, 0.25) is 0 Å². The van der Waals surface area contributed by atoms with Crippen molar-refractivity contribution in [2.75, 3.05) is 11.4 Å². The van der Waals surface area contributed by atoms with Gasteiger partial charge >= 0.3 is 0 Å². The third-order valence-corrected chi connectivity index (χ3v) is 3.87. The van der Waals surface area contributed by atoms with Crippen LogP contribution in [0.25, 0.3) is 0 Å².